The van der Waals surface area contributed by atoms with E-state index >= 15 is 0 Å². The maximum Gasteiger partial charge on any atom is 0.162 e. The van der Waals surface area contributed by atoms with Crippen molar-refractivity contribution >= 4 is 5.57 Å². The van der Waals surface area contributed by atoms with Crippen molar-refractivity contribution in [1.29, 1.82) is 0 Å². The third-order valence-electron chi connectivity index (χ3n) is 3.16. The quantitative estimate of drug-likeness (QED) is 0.792. The Kier molecular flexibility index (Phi) is 3.13. The van der Waals surface area contributed by atoms with Crippen LogP contribution in [0.25, 0.3) is 5.57 Å². The second-order valence-electron chi connectivity index (χ2n) is 4.46. The van der Waals surface area contributed by atoms with Crippen LogP contribution in [0.3, 0.4) is 0 Å². The third-order valence-corrected chi connectivity index (χ3v) is 3.16. The monoisotopic (exact) mass is 237 g/mol. The number of rotatable bonds is 2. The molecule has 3 heteroatoms. The first-order valence-electron chi connectivity index (χ1n) is 6.33. The van der Waals surface area contributed by atoms with Crippen LogP contribution in [0.1, 0.15) is 36.8 Å². The van der Waals surface area contributed by atoms with Gasteiger partial charge in [0.25, 0.3) is 0 Å². The molecule has 0 amide bonds. The van der Waals surface area contributed by atoms with Gasteiger partial charge in [0.1, 0.15) is 12.2 Å². The first kappa shape index (κ1) is 11.1. The summed E-state index contributed by atoms with van der Waals surface area (Å²) in [6, 6.07) is 0. The minimum Gasteiger partial charge on any atom is -0.221 e. The van der Waals surface area contributed by atoms with Crippen molar-refractivity contribution in [2.75, 3.05) is 0 Å². The lowest BCUT2D eigenvalue weighted by Gasteiger charge is -2.12. The van der Waals surface area contributed by atoms with Crippen molar-refractivity contribution in [3.05, 3.63) is 60.5 Å². The standard InChI is InChI=1S/C15H15N3/c1-3-7-12(8-4-1)14-16-11-17-15(18-14)13-9-5-2-6-10-13/h1,3-5,7,9-12H,2,6,8H2. The maximum atomic E-state index is 4.59. The third kappa shape index (κ3) is 2.30. The smallest absolute Gasteiger partial charge is 0.162 e. The molecule has 1 heterocycles. The van der Waals surface area contributed by atoms with Crippen LogP contribution in [-0.2, 0) is 0 Å². The lowest BCUT2D eigenvalue weighted by Crippen LogP contribution is -2.06. The molecule has 0 N–H and O–H groups in total. The van der Waals surface area contributed by atoms with Crippen molar-refractivity contribution in [2.24, 2.45) is 0 Å². The number of nitrogens with zero attached hydrogens (tertiary/aromatic N) is 3. The summed E-state index contributed by atoms with van der Waals surface area (Å²) in [5.74, 6) is 1.93. The minimum absolute atomic E-state index is 0.282. The first-order valence-corrected chi connectivity index (χ1v) is 6.33. The Labute approximate surface area is 107 Å². The van der Waals surface area contributed by atoms with Gasteiger partial charge < -0.3 is 0 Å². The molecule has 0 radical (unpaired) electrons. The summed E-state index contributed by atoms with van der Waals surface area (Å²) in [5, 5.41) is 0. The molecule has 0 spiro atoms. The lowest BCUT2D eigenvalue weighted by atomic mass is 10.00. The molecule has 0 saturated heterocycles. The Morgan fingerprint density at radius 1 is 1.06 bits per heavy atom. The number of hydrogen-bond donors (Lipinski definition) is 0. The van der Waals surface area contributed by atoms with Gasteiger partial charge in [0.2, 0.25) is 0 Å². The number of aromatic nitrogens is 3. The molecule has 90 valence electrons. The van der Waals surface area contributed by atoms with Crippen LogP contribution in [0, 0.1) is 0 Å². The van der Waals surface area contributed by atoms with Gasteiger partial charge in [0.15, 0.2) is 5.82 Å². The molecule has 0 aromatic carbocycles. The SMILES string of the molecule is C1=CCC(c2ncnc(C3=CCCC=C3)n2)C=C1. The average molecular weight is 237 g/mol. The molecular weight excluding hydrogens is 222 g/mol. The van der Waals surface area contributed by atoms with Crippen LogP contribution in [0.5, 0.6) is 0 Å². The highest BCUT2D eigenvalue weighted by Gasteiger charge is 2.13. The molecule has 2 aliphatic carbocycles. The van der Waals surface area contributed by atoms with Crippen LogP contribution in [0.15, 0.2) is 48.9 Å². The van der Waals surface area contributed by atoms with E-state index in [0.29, 0.717) is 0 Å². The van der Waals surface area contributed by atoms with E-state index in [-0.39, 0.29) is 5.92 Å². The van der Waals surface area contributed by atoms with Crippen molar-refractivity contribution in [3.63, 3.8) is 0 Å². The molecule has 3 rings (SSSR count). The van der Waals surface area contributed by atoms with Gasteiger partial charge in [0, 0.05) is 11.5 Å². The summed E-state index contributed by atoms with van der Waals surface area (Å²) in [6.07, 6.45) is 19.6. The van der Waals surface area contributed by atoms with Crippen molar-refractivity contribution in [2.45, 2.75) is 25.2 Å². The Bertz CT molecular complexity index is 553. The van der Waals surface area contributed by atoms with Crippen LogP contribution < -0.4 is 0 Å². The molecule has 18 heavy (non-hydrogen) atoms. The van der Waals surface area contributed by atoms with E-state index in [4.69, 9.17) is 0 Å². The Balaban J connectivity index is 1.89. The maximum absolute atomic E-state index is 4.59. The summed E-state index contributed by atoms with van der Waals surface area (Å²) < 4.78 is 0. The van der Waals surface area contributed by atoms with Gasteiger partial charge in [-0.15, -0.1) is 0 Å². The molecule has 0 saturated carbocycles. The largest absolute Gasteiger partial charge is 0.221 e. The zero-order valence-corrected chi connectivity index (χ0v) is 10.2. The van der Waals surface area contributed by atoms with Crippen LogP contribution >= 0.6 is 0 Å². The molecule has 0 bridgehead atoms. The molecule has 0 aliphatic heterocycles. The van der Waals surface area contributed by atoms with E-state index in [9.17, 15) is 0 Å². The second kappa shape index (κ2) is 5.08. The van der Waals surface area contributed by atoms with Gasteiger partial charge in [-0.2, -0.15) is 0 Å². The predicted molar refractivity (Wildman–Crippen MR) is 71.8 cm³/mol. The Morgan fingerprint density at radius 2 is 2.06 bits per heavy atom. The van der Waals surface area contributed by atoms with Gasteiger partial charge in [-0.05, 0) is 19.3 Å². The number of hydrogen-bond acceptors (Lipinski definition) is 3. The normalized spacial score (nSPS) is 22.0. The molecule has 1 unspecified atom stereocenters. The van der Waals surface area contributed by atoms with Gasteiger partial charge in [-0.1, -0.05) is 42.5 Å². The zero-order valence-electron chi connectivity index (χ0n) is 10.2. The van der Waals surface area contributed by atoms with Crippen LogP contribution in [0.2, 0.25) is 0 Å². The molecule has 3 nitrogen and oxygen atoms in total. The summed E-state index contributed by atoms with van der Waals surface area (Å²) in [5.41, 5.74) is 1.11. The van der Waals surface area contributed by atoms with Crippen LogP contribution in [0.4, 0.5) is 0 Å². The highest BCUT2D eigenvalue weighted by atomic mass is 15.0. The molecule has 1 aromatic rings. The zero-order chi connectivity index (χ0) is 12.2. The lowest BCUT2D eigenvalue weighted by molar-refractivity contribution is 0.753. The molecule has 2 aliphatic rings. The summed E-state index contributed by atoms with van der Waals surface area (Å²) in [6.45, 7) is 0. The van der Waals surface area contributed by atoms with Gasteiger partial charge in [-0.3, -0.25) is 0 Å². The highest BCUT2D eigenvalue weighted by molar-refractivity contribution is 5.70. The van der Waals surface area contributed by atoms with E-state index in [1.54, 1.807) is 6.33 Å². The second-order valence-corrected chi connectivity index (χ2v) is 4.46. The van der Waals surface area contributed by atoms with E-state index in [1.165, 1.54) is 0 Å². The Hall–Kier alpha value is -2.03. The van der Waals surface area contributed by atoms with E-state index < -0.39 is 0 Å². The van der Waals surface area contributed by atoms with Crippen molar-refractivity contribution < 1.29 is 0 Å². The molecule has 1 aromatic heterocycles. The fraction of sp³-hybridized carbons (Fsp3) is 0.267. The molecule has 1 atom stereocenters. The highest BCUT2D eigenvalue weighted by Crippen LogP contribution is 2.23. The van der Waals surface area contributed by atoms with E-state index in [0.717, 1.165) is 36.5 Å². The average Bonchev–Trinajstić information content (AvgIpc) is 2.49. The Morgan fingerprint density at radius 3 is 2.83 bits per heavy atom. The molecular formula is C15H15N3. The predicted octanol–water partition coefficient (Wildman–Crippen LogP) is 3.20. The van der Waals surface area contributed by atoms with Crippen LogP contribution in [-0.4, -0.2) is 15.0 Å². The topological polar surface area (TPSA) is 38.7 Å². The van der Waals surface area contributed by atoms with Gasteiger partial charge >= 0.3 is 0 Å². The molecule has 0 fully saturated rings. The fourth-order valence-electron chi connectivity index (χ4n) is 2.18. The van der Waals surface area contributed by atoms with E-state index in [2.05, 4.69) is 57.5 Å². The van der Waals surface area contributed by atoms with E-state index in [1.807, 2.05) is 0 Å². The van der Waals surface area contributed by atoms with Crippen molar-refractivity contribution in [3.8, 4) is 0 Å². The summed E-state index contributed by atoms with van der Waals surface area (Å²) in [7, 11) is 0. The fourth-order valence-corrected chi connectivity index (χ4v) is 2.18. The summed E-state index contributed by atoms with van der Waals surface area (Å²) in [4.78, 5) is 13.2. The minimum atomic E-state index is 0.282. The number of allylic oxidation sites excluding steroid dienone is 8. The summed E-state index contributed by atoms with van der Waals surface area (Å²) >= 11 is 0. The van der Waals surface area contributed by atoms with Gasteiger partial charge in [-0.25, -0.2) is 15.0 Å². The van der Waals surface area contributed by atoms with Gasteiger partial charge in [0.05, 0.1) is 0 Å². The van der Waals surface area contributed by atoms with Crippen molar-refractivity contribution in [1.82, 2.24) is 15.0 Å². The first-order chi connectivity index (χ1) is 8.93.